The monoisotopic (exact) mass is 175 g/mol. The summed E-state index contributed by atoms with van der Waals surface area (Å²) in [6.45, 7) is 1.49. The second-order valence-corrected chi connectivity index (χ2v) is 3.38. The van der Waals surface area contributed by atoms with Gasteiger partial charge in [-0.3, -0.25) is 4.79 Å². The average molecular weight is 175 g/mol. The Hall–Kier alpha value is -0.640. The molecule has 0 bridgehead atoms. The van der Waals surface area contributed by atoms with Crippen molar-refractivity contribution in [2.45, 2.75) is 37.9 Å². The Morgan fingerprint density at radius 2 is 2.33 bits per heavy atom. The lowest BCUT2D eigenvalue weighted by Crippen LogP contribution is -2.51. The molecular weight excluding hydrogens is 161 g/mol. The molecule has 1 unspecified atom stereocenters. The van der Waals surface area contributed by atoms with Crippen LogP contribution in [0.5, 0.6) is 0 Å². The number of carbonyl (C=O) groups excluding carboxylic acids is 1. The van der Waals surface area contributed by atoms with Crippen molar-refractivity contribution in [1.82, 2.24) is 5.32 Å². The highest BCUT2D eigenvalue weighted by Gasteiger charge is 2.44. The topological polar surface area (TPSA) is 49.3 Å². The Morgan fingerprint density at radius 3 is 2.67 bits per heavy atom. The number of hydrogen-bond acceptors (Lipinski definition) is 2. The first-order chi connectivity index (χ1) is 5.58. The van der Waals surface area contributed by atoms with Crippen LogP contribution < -0.4 is 5.32 Å². The number of halogens is 1. The third kappa shape index (κ3) is 1.75. The van der Waals surface area contributed by atoms with E-state index < -0.39 is 11.6 Å². The van der Waals surface area contributed by atoms with Crippen molar-refractivity contribution in [1.29, 1.82) is 0 Å². The number of hydrogen-bond donors (Lipinski definition) is 2. The summed E-state index contributed by atoms with van der Waals surface area (Å²) >= 11 is 0. The maximum absolute atomic E-state index is 13.3. The van der Waals surface area contributed by atoms with Crippen LogP contribution in [0.3, 0.4) is 0 Å². The van der Waals surface area contributed by atoms with Gasteiger partial charge in [-0.05, 0) is 26.2 Å². The maximum Gasteiger partial charge on any atom is 0.257 e. The first-order valence-electron chi connectivity index (χ1n) is 4.19. The zero-order valence-electron chi connectivity index (χ0n) is 7.14. The molecule has 0 aromatic rings. The third-order valence-corrected chi connectivity index (χ3v) is 2.20. The molecular formula is C8H14FNO2. The molecule has 1 fully saturated rings. The molecule has 1 rings (SSSR count). The molecule has 0 saturated heterocycles. The van der Waals surface area contributed by atoms with E-state index in [4.69, 9.17) is 5.11 Å². The van der Waals surface area contributed by atoms with Crippen molar-refractivity contribution in [2.75, 3.05) is 6.61 Å². The lowest BCUT2D eigenvalue weighted by atomic mass is 9.81. The van der Waals surface area contributed by atoms with Gasteiger partial charge in [-0.25, -0.2) is 4.39 Å². The average Bonchev–Trinajstić information content (AvgIpc) is 1.99. The number of alkyl halides is 1. The van der Waals surface area contributed by atoms with Gasteiger partial charge in [-0.15, -0.1) is 0 Å². The van der Waals surface area contributed by atoms with Crippen LogP contribution in [0, 0.1) is 0 Å². The van der Waals surface area contributed by atoms with Crippen molar-refractivity contribution in [2.24, 2.45) is 0 Å². The first kappa shape index (κ1) is 9.45. The highest BCUT2D eigenvalue weighted by Crippen LogP contribution is 2.35. The summed E-state index contributed by atoms with van der Waals surface area (Å²) < 4.78 is 13.3. The zero-order valence-corrected chi connectivity index (χ0v) is 7.14. The van der Waals surface area contributed by atoms with Gasteiger partial charge in [-0.2, -0.15) is 0 Å². The lowest BCUT2D eigenvalue weighted by Gasteiger charge is -2.32. The quantitative estimate of drug-likeness (QED) is 0.651. The van der Waals surface area contributed by atoms with Crippen molar-refractivity contribution in [3.63, 3.8) is 0 Å². The molecule has 0 heterocycles. The van der Waals surface area contributed by atoms with E-state index in [1.54, 1.807) is 6.92 Å². The van der Waals surface area contributed by atoms with Gasteiger partial charge in [0.05, 0.1) is 6.61 Å². The van der Waals surface area contributed by atoms with Gasteiger partial charge in [0.2, 0.25) is 0 Å². The molecule has 70 valence electrons. The fraction of sp³-hybridized carbons (Fsp3) is 0.875. The lowest BCUT2D eigenvalue weighted by molar-refractivity contribution is -0.139. The summed E-state index contributed by atoms with van der Waals surface area (Å²) in [6, 6.07) is -0.356. The summed E-state index contributed by atoms with van der Waals surface area (Å²) in [5, 5.41) is 11.0. The molecule has 0 aliphatic heterocycles. The molecule has 3 nitrogen and oxygen atoms in total. The molecule has 4 heteroatoms. The van der Waals surface area contributed by atoms with Crippen LogP contribution in [-0.4, -0.2) is 29.3 Å². The van der Waals surface area contributed by atoms with Crippen LogP contribution in [0.4, 0.5) is 4.39 Å². The van der Waals surface area contributed by atoms with Crippen molar-refractivity contribution < 1.29 is 14.3 Å². The molecule has 0 aromatic carbocycles. The van der Waals surface area contributed by atoms with Gasteiger partial charge in [-0.1, -0.05) is 0 Å². The number of amides is 1. The molecule has 1 atom stereocenters. The van der Waals surface area contributed by atoms with E-state index >= 15 is 0 Å². The number of nitrogens with one attached hydrogen (secondary N) is 1. The van der Waals surface area contributed by atoms with E-state index in [-0.39, 0.29) is 12.6 Å². The highest BCUT2D eigenvalue weighted by molar-refractivity contribution is 5.86. The fourth-order valence-electron chi connectivity index (χ4n) is 1.11. The van der Waals surface area contributed by atoms with E-state index in [9.17, 15) is 9.18 Å². The Kier molecular flexibility index (Phi) is 2.67. The Morgan fingerprint density at radius 1 is 1.75 bits per heavy atom. The molecule has 2 N–H and O–H groups in total. The minimum atomic E-state index is -1.65. The Balaban J connectivity index is 2.37. The van der Waals surface area contributed by atoms with Crippen LogP contribution in [0.15, 0.2) is 0 Å². The van der Waals surface area contributed by atoms with Crippen LogP contribution in [0.25, 0.3) is 0 Å². The normalized spacial score (nSPS) is 22.6. The van der Waals surface area contributed by atoms with Crippen LogP contribution in [0.1, 0.15) is 26.2 Å². The predicted octanol–water partition coefficient (Wildman–Crippen LogP) is 0.376. The van der Waals surface area contributed by atoms with Crippen LogP contribution >= 0.6 is 0 Å². The van der Waals surface area contributed by atoms with Crippen LogP contribution in [0.2, 0.25) is 0 Å². The summed E-state index contributed by atoms with van der Waals surface area (Å²) in [5.74, 6) is -0.574. The van der Waals surface area contributed by atoms with Crippen LogP contribution in [-0.2, 0) is 4.79 Å². The fourth-order valence-corrected chi connectivity index (χ4v) is 1.11. The largest absolute Gasteiger partial charge is 0.394 e. The van der Waals surface area contributed by atoms with E-state index in [1.807, 2.05) is 0 Å². The second-order valence-electron chi connectivity index (χ2n) is 3.38. The summed E-state index contributed by atoms with van der Waals surface area (Å²) in [6.07, 6.45) is 1.41. The second kappa shape index (κ2) is 3.39. The minimum absolute atomic E-state index is 0.151. The minimum Gasteiger partial charge on any atom is -0.394 e. The molecule has 0 spiro atoms. The van der Waals surface area contributed by atoms with Gasteiger partial charge >= 0.3 is 0 Å². The number of aliphatic hydroxyl groups is 1. The summed E-state index contributed by atoms with van der Waals surface area (Å²) in [5.41, 5.74) is -1.65. The SMILES string of the molecule is CC(CO)NC(=O)C1(F)CCC1. The molecule has 1 amide bonds. The van der Waals surface area contributed by atoms with Crippen molar-refractivity contribution in [3.8, 4) is 0 Å². The molecule has 12 heavy (non-hydrogen) atoms. The smallest absolute Gasteiger partial charge is 0.257 e. The molecule has 0 aromatic heterocycles. The summed E-state index contributed by atoms with van der Waals surface area (Å²) in [7, 11) is 0. The van der Waals surface area contributed by atoms with Gasteiger partial charge in [0, 0.05) is 6.04 Å². The Bertz CT molecular complexity index is 180. The molecule has 1 saturated carbocycles. The molecule has 1 aliphatic carbocycles. The van der Waals surface area contributed by atoms with Gasteiger partial charge in [0.15, 0.2) is 5.67 Å². The number of carbonyl (C=O) groups is 1. The first-order valence-corrected chi connectivity index (χ1v) is 4.19. The third-order valence-electron chi connectivity index (χ3n) is 2.20. The van der Waals surface area contributed by atoms with E-state index in [2.05, 4.69) is 5.32 Å². The number of rotatable bonds is 3. The van der Waals surface area contributed by atoms with E-state index in [1.165, 1.54) is 0 Å². The van der Waals surface area contributed by atoms with Crippen molar-refractivity contribution >= 4 is 5.91 Å². The summed E-state index contributed by atoms with van der Waals surface area (Å²) in [4.78, 5) is 11.1. The van der Waals surface area contributed by atoms with Gasteiger partial charge < -0.3 is 10.4 Å². The molecule has 0 radical (unpaired) electrons. The van der Waals surface area contributed by atoms with Gasteiger partial charge in [0.25, 0.3) is 5.91 Å². The van der Waals surface area contributed by atoms with E-state index in [0.717, 1.165) is 6.42 Å². The highest BCUT2D eigenvalue weighted by atomic mass is 19.1. The number of aliphatic hydroxyl groups excluding tert-OH is 1. The van der Waals surface area contributed by atoms with Crippen molar-refractivity contribution in [3.05, 3.63) is 0 Å². The van der Waals surface area contributed by atoms with E-state index in [0.29, 0.717) is 12.8 Å². The molecule has 1 aliphatic rings. The predicted molar refractivity (Wildman–Crippen MR) is 42.4 cm³/mol. The van der Waals surface area contributed by atoms with Gasteiger partial charge in [0.1, 0.15) is 0 Å². The zero-order chi connectivity index (χ0) is 9.19. The Labute approximate surface area is 71.0 Å². The standard InChI is InChI=1S/C8H14FNO2/c1-6(5-11)10-7(12)8(9)3-2-4-8/h6,11H,2-5H2,1H3,(H,10,12). The maximum atomic E-state index is 13.3.